The van der Waals surface area contributed by atoms with E-state index in [0.717, 1.165) is 43.9 Å². The summed E-state index contributed by atoms with van der Waals surface area (Å²) in [5, 5.41) is 24.3. The van der Waals surface area contributed by atoms with E-state index in [2.05, 4.69) is 23.9 Å². The molecule has 5 heteroatoms. The van der Waals surface area contributed by atoms with Gasteiger partial charge in [-0.05, 0) is 98.9 Å². The molecule has 4 aliphatic rings. The molecule has 2 N–H and O–H groups in total. The highest BCUT2D eigenvalue weighted by atomic mass is 16.3. The summed E-state index contributed by atoms with van der Waals surface area (Å²) in [6.45, 7) is 2.88. The predicted octanol–water partition coefficient (Wildman–Crippen LogP) is 3.84. The van der Waals surface area contributed by atoms with Crippen LogP contribution in [0.3, 0.4) is 0 Å². The summed E-state index contributed by atoms with van der Waals surface area (Å²) in [5.41, 5.74) is -0.715. The van der Waals surface area contributed by atoms with Gasteiger partial charge in [0, 0.05) is 24.7 Å². The van der Waals surface area contributed by atoms with Crippen molar-refractivity contribution in [3.05, 3.63) is 18.5 Å². The van der Waals surface area contributed by atoms with Crippen LogP contribution >= 0.6 is 0 Å². The van der Waals surface area contributed by atoms with Gasteiger partial charge < -0.3 is 10.2 Å². The van der Waals surface area contributed by atoms with Crippen molar-refractivity contribution in [3.63, 3.8) is 0 Å². The third-order valence-electron chi connectivity index (χ3n) is 9.83. The van der Waals surface area contributed by atoms with E-state index in [9.17, 15) is 9.90 Å². The Balaban J connectivity index is 1.27. The first kappa shape index (κ1) is 22.2. The number of rotatable bonds is 4. The first-order chi connectivity index (χ1) is 15.4. The number of nitrogens with zero attached hydrogens (tertiary/aromatic N) is 2. The SMILES string of the molecule is C[C@]12CCC3[C@H]4CC[C@](O)(C#CCCO)C[C@H]4CC[C@H]3[C@@H]1CC[C@@H]2C(=O)Cn1cccn1. The third-order valence-corrected chi connectivity index (χ3v) is 9.83. The number of hydrogen-bond acceptors (Lipinski definition) is 4. The van der Waals surface area contributed by atoms with Crippen LogP contribution in [-0.4, -0.2) is 38.0 Å². The summed E-state index contributed by atoms with van der Waals surface area (Å²) >= 11 is 0. The summed E-state index contributed by atoms with van der Waals surface area (Å²) in [7, 11) is 0. The zero-order chi connectivity index (χ0) is 22.3. The van der Waals surface area contributed by atoms with Gasteiger partial charge in [-0.15, -0.1) is 0 Å². The second-order valence-electron chi connectivity index (χ2n) is 11.3. The molecule has 0 bridgehead atoms. The fourth-order valence-electron chi connectivity index (χ4n) is 8.47. The molecule has 0 saturated heterocycles. The first-order valence-corrected chi connectivity index (χ1v) is 12.8. The van der Waals surface area contributed by atoms with Crippen molar-refractivity contribution in [2.24, 2.45) is 40.9 Å². The van der Waals surface area contributed by atoms with Crippen molar-refractivity contribution in [1.29, 1.82) is 0 Å². The van der Waals surface area contributed by atoms with Crippen LogP contribution in [0.1, 0.15) is 71.1 Å². The van der Waals surface area contributed by atoms with Crippen LogP contribution in [0.15, 0.2) is 18.5 Å². The molecule has 0 spiro atoms. The van der Waals surface area contributed by atoms with E-state index in [4.69, 9.17) is 5.11 Å². The van der Waals surface area contributed by atoms with Gasteiger partial charge >= 0.3 is 0 Å². The number of Topliss-reactive ketones (excluding diaryl/α,β-unsaturated/α-hetero) is 1. The van der Waals surface area contributed by atoms with Crippen LogP contribution in [0.25, 0.3) is 0 Å². The maximum atomic E-state index is 13.2. The number of carbonyl (C=O) groups excluding carboxylic acids is 1. The Morgan fingerprint density at radius 2 is 1.97 bits per heavy atom. The largest absolute Gasteiger partial charge is 0.395 e. The summed E-state index contributed by atoms with van der Waals surface area (Å²) in [4.78, 5) is 13.2. The highest BCUT2D eigenvalue weighted by Crippen LogP contribution is 2.64. The Hall–Kier alpha value is -1.64. The third kappa shape index (κ3) is 3.84. The van der Waals surface area contributed by atoms with Crippen LogP contribution in [0.5, 0.6) is 0 Å². The van der Waals surface area contributed by atoms with E-state index in [1.807, 2.05) is 12.3 Å². The van der Waals surface area contributed by atoms with Gasteiger partial charge in [0.25, 0.3) is 0 Å². The van der Waals surface area contributed by atoms with Crippen molar-refractivity contribution in [2.75, 3.05) is 6.61 Å². The number of aliphatic hydroxyl groups is 2. The molecule has 174 valence electrons. The van der Waals surface area contributed by atoms with Crippen molar-refractivity contribution in [2.45, 2.75) is 83.3 Å². The second-order valence-corrected chi connectivity index (χ2v) is 11.3. The van der Waals surface area contributed by atoms with Gasteiger partial charge in [-0.2, -0.15) is 5.10 Å². The highest BCUT2D eigenvalue weighted by Gasteiger charge is 2.58. The zero-order valence-electron chi connectivity index (χ0n) is 19.4. The fraction of sp³-hybridized carbons (Fsp3) is 0.778. The second kappa shape index (κ2) is 8.61. The monoisotopic (exact) mass is 438 g/mol. The summed E-state index contributed by atoms with van der Waals surface area (Å²) in [6.07, 6.45) is 13.8. The predicted molar refractivity (Wildman–Crippen MR) is 122 cm³/mol. The molecule has 5 nitrogen and oxygen atoms in total. The van der Waals surface area contributed by atoms with E-state index < -0.39 is 5.60 Å². The summed E-state index contributed by atoms with van der Waals surface area (Å²) < 4.78 is 1.78. The van der Waals surface area contributed by atoms with E-state index in [1.54, 1.807) is 10.9 Å². The number of hydrogen-bond donors (Lipinski definition) is 2. The van der Waals surface area contributed by atoms with Crippen molar-refractivity contribution < 1.29 is 15.0 Å². The molecular formula is C27H38N2O3. The molecule has 0 amide bonds. The minimum Gasteiger partial charge on any atom is -0.395 e. The van der Waals surface area contributed by atoms with Gasteiger partial charge in [0.05, 0.1) is 13.2 Å². The van der Waals surface area contributed by atoms with Crippen LogP contribution in [0.2, 0.25) is 0 Å². The normalized spacial score (nSPS) is 42.8. The van der Waals surface area contributed by atoms with Gasteiger partial charge in [-0.1, -0.05) is 18.8 Å². The molecule has 1 unspecified atom stereocenters. The van der Waals surface area contributed by atoms with Crippen LogP contribution in [0, 0.1) is 52.8 Å². The quantitative estimate of drug-likeness (QED) is 0.701. The Labute approximate surface area is 192 Å². The smallest absolute Gasteiger partial charge is 0.157 e. The van der Waals surface area contributed by atoms with Gasteiger partial charge in [0.1, 0.15) is 5.60 Å². The maximum Gasteiger partial charge on any atom is 0.157 e. The molecule has 0 aromatic carbocycles. The number of ketones is 1. The number of aromatic nitrogens is 2. The van der Waals surface area contributed by atoms with Crippen molar-refractivity contribution in [1.82, 2.24) is 9.78 Å². The molecule has 1 aromatic rings. The molecule has 5 rings (SSSR count). The average molecular weight is 439 g/mol. The minimum atomic E-state index is -0.857. The fourth-order valence-corrected chi connectivity index (χ4v) is 8.47. The van der Waals surface area contributed by atoms with Gasteiger partial charge in [-0.25, -0.2) is 0 Å². The molecule has 0 aliphatic heterocycles. The van der Waals surface area contributed by atoms with E-state index in [1.165, 1.54) is 25.7 Å². The molecule has 1 aromatic heterocycles. The molecule has 8 atom stereocenters. The molecule has 0 radical (unpaired) electrons. The van der Waals surface area contributed by atoms with Crippen LogP contribution in [-0.2, 0) is 11.3 Å². The number of fused-ring (bicyclic) bond motifs is 5. The van der Waals surface area contributed by atoms with Crippen LogP contribution < -0.4 is 0 Å². The van der Waals surface area contributed by atoms with Gasteiger partial charge in [-0.3, -0.25) is 9.48 Å². The lowest BCUT2D eigenvalue weighted by Gasteiger charge is -2.56. The van der Waals surface area contributed by atoms with E-state index in [-0.39, 0.29) is 17.9 Å². The number of carbonyl (C=O) groups is 1. The van der Waals surface area contributed by atoms with Gasteiger partial charge in [0.15, 0.2) is 5.78 Å². The summed E-state index contributed by atoms with van der Waals surface area (Å²) in [5.74, 6) is 10.0. The Bertz CT molecular complexity index is 886. The average Bonchev–Trinajstić information content (AvgIpc) is 3.40. The molecular weight excluding hydrogens is 400 g/mol. The topological polar surface area (TPSA) is 75.3 Å². The maximum absolute atomic E-state index is 13.2. The minimum absolute atomic E-state index is 0.0600. The lowest BCUT2D eigenvalue weighted by Crippen LogP contribution is -2.51. The van der Waals surface area contributed by atoms with Crippen molar-refractivity contribution in [3.8, 4) is 11.8 Å². The Morgan fingerprint density at radius 1 is 1.12 bits per heavy atom. The van der Waals surface area contributed by atoms with Crippen molar-refractivity contribution >= 4 is 5.78 Å². The Kier molecular flexibility index (Phi) is 5.97. The van der Waals surface area contributed by atoms with E-state index in [0.29, 0.717) is 36.5 Å². The highest BCUT2D eigenvalue weighted by molar-refractivity contribution is 5.82. The van der Waals surface area contributed by atoms with Gasteiger partial charge in [0.2, 0.25) is 0 Å². The zero-order valence-corrected chi connectivity index (χ0v) is 19.4. The lowest BCUT2D eigenvalue weighted by molar-refractivity contribution is -0.132. The lowest BCUT2D eigenvalue weighted by atomic mass is 9.49. The molecule has 4 fully saturated rings. The van der Waals surface area contributed by atoms with Crippen LogP contribution in [0.4, 0.5) is 0 Å². The first-order valence-electron chi connectivity index (χ1n) is 12.8. The standard InChI is InChI=1S/C27H38N2O3/c1-26-12-9-21-20-10-13-27(32,11-2-3-16-30)17-19(20)5-6-22(21)23(26)7-8-24(26)25(31)18-29-15-4-14-28-29/h4,14-15,19-24,30,32H,3,5-10,12-13,16-18H2,1H3/t19-,20+,21?,22-,23+,24-,26+,27-/m1/s1. The van der Waals surface area contributed by atoms with E-state index >= 15 is 0 Å². The number of aliphatic hydroxyl groups excluding tert-OH is 1. The molecule has 4 aliphatic carbocycles. The molecule has 4 saturated carbocycles. The molecule has 1 heterocycles. The summed E-state index contributed by atoms with van der Waals surface area (Å²) in [6, 6.07) is 1.89. The molecule has 32 heavy (non-hydrogen) atoms. The Morgan fingerprint density at radius 3 is 2.75 bits per heavy atom.